The quantitative estimate of drug-likeness (QED) is 0.222. The Morgan fingerprint density at radius 1 is 0.280 bits per heavy atom. The Hall–Kier alpha value is -3.18. The van der Waals surface area contributed by atoms with Gasteiger partial charge in [0.25, 0.3) is 0 Å². The van der Waals surface area contributed by atoms with Gasteiger partial charge in [0, 0.05) is 34.4 Å². The summed E-state index contributed by atoms with van der Waals surface area (Å²) in [6.07, 6.45) is 11.0. The summed E-state index contributed by atoms with van der Waals surface area (Å²) >= 11 is 0. The van der Waals surface area contributed by atoms with Gasteiger partial charge in [0.15, 0.2) is 18.9 Å². The van der Waals surface area contributed by atoms with Gasteiger partial charge in [0.05, 0.1) is 39.6 Å². The SMILES string of the molecule is CC(C)(C)c1cc(C2OCC(C3CC3)CO2)cc(C(C)(C)C)c1O.CC(C)(C)c1cc(C2OCC(C3CCC3)CO2)cc(C(C)(C)C)c1O.CC(C)(C)c1cc(C2OCC(C3CCCC3)CO2)cc(C(C)(C)C)c1O. The molecular weight excluding hydrogens is 937 g/mol. The Labute approximate surface area is 454 Å². The molecule has 75 heavy (non-hydrogen) atoms. The molecule has 0 bridgehead atoms. The molecule has 6 fully saturated rings. The molecule has 9 nitrogen and oxygen atoms in total. The molecule has 3 aromatic carbocycles. The van der Waals surface area contributed by atoms with E-state index in [2.05, 4.69) is 161 Å². The van der Waals surface area contributed by atoms with E-state index >= 15 is 0 Å². The molecule has 0 aromatic heterocycles. The molecule has 3 aliphatic heterocycles. The van der Waals surface area contributed by atoms with Gasteiger partial charge in [-0.1, -0.05) is 170 Å². The van der Waals surface area contributed by atoms with E-state index in [0.29, 0.717) is 35.0 Å². The average molecular weight is 1040 g/mol. The Morgan fingerprint density at radius 2 is 0.467 bits per heavy atom. The van der Waals surface area contributed by atoms with Crippen molar-refractivity contribution in [3.05, 3.63) is 86.5 Å². The summed E-state index contributed by atoms with van der Waals surface area (Å²) in [6, 6.07) is 12.4. The summed E-state index contributed by atoms with van der Waals surface area (Å²) < 4.78 is 36.6. The highest BCUT2D eigenvalue weighted by Crippen LogP contribution is 2.47. The maximum atomic E-state index is 10.9. The van der Waals surface area contributed by atoms with E-state index in [1.807, 2.05) is 0 Å². The van der Waals surface area contributed by atoms with Crippen molar-refractivity contribution in [2.24, 2.45) is 35.5 Å². The first-order valence-electron chi connectivity index (χ1n) is 29.0. The molecule has 3 aliphatic carbocycles. The fourth-order valence-corrected chi connectivity index (χ4v) is 11.7. The second-order valence-corrected chi connectivity index (χ2v) is 29.7. The van der Waals surface area contributed by atoms with E-state index in [0.717, 1.165) is 107 Å². The van der Waals surface area contributed by atoms with Gasteiger partial charge >= 0.3 is 0 Å². The Bertz CT molecular complexity index is 2250. The van der Waals surface area contributed by atoms with Crippen LogP contribution in [-0.2, 0) is 60.9 Å². The molecule has 0 radical (unpaired) electrons. The third-order valence-electron chi connectivity index (χ3n) is 17.0. The molecule has 0 atom stereocenters. The Morgan fingerprint density at radius 3 is 0.627 bits per heavy atom. The maximum absolute atomic E-state index is 10.9. The largest absolute Gasteiger partial charge is 0.507 e. The molecule has 0 amide bonds. The van der Waals surface area contributed by atoms with E-state index < -0.39 is 0 Å². The van der Waals surface area contributed by atoms with Crippen LogP contribution in [0, 0.1) is 35.5 Å². The average Bonchev–Trinajstić information content (AvgIpc) is 4.00. The number of hydrogen-bond donors (Lipinski definition) is 3. The molecule has 420 valence electrons. The number of rotatable bonds is 6. The number of hydrogen-bond acceptors (Lipinski definition) is 9. The second-order valence-electron chi connectivity index (χ2n) is 29.7. The van der Waals surface area contributed by atoms with E-state index in [9.17, 15) is 15.3 Å². The molecule has 3 saturated heterocycles. The van der Waals surface area contributed by atoms with E-state index in [1.165, 1.54) is 57.8 Å². The summed E-state index contributed by atoms with van der Waals surface area (Å²) in [5, 5.41) is 32.6. The topological polar surface area (TPSA) is 116 Å². The molecule has 3 heterocycles. The van der Waals surface area contributed by atoms with Gasteiger partial charge < -0.3 is 43.7 Å². The molecule has 3 N–H and O–H groups in total. The lowest BCUT2D eigenvalue weighted by molar-refractivity contribution is -0.216. The normalized spacial score (nSPS) is 25.7. The zero-order valence-corrected chi connectivity index (χ0v) is 50.1. The molecule has 0 unspecified atom stereocenters. The zero-order valence-electron chi connectivity index (χ0n) is 50.1. The van der Waals surface area contributed by atoms with Crippen LogP contribution < -0.4 is 0 Å². The lowest BCUT2D eigenvalue weighted by atomic mass is 9.76. The van der Waals surface area contributed by atoms with Crippen LogP contribution in [-0.4, -0.2) is 55.0 Å². The molecule has 6 aliphatic rings. The number of phenols is 3. The van der Waals surface area contributed by atoms with E-state index in [-0.39, 0.29) is 51.4 Å². The van der Waals surface area contributed by atoms with Crippen molar-refractivity contribution < 1.29 is 43.7 Å². The number of phenolic OH excluding ortho intramolecular Hbond substituents is 3. The molecule has 9 heteroatoms. The van der Waals surface area contributed by atoms with Crippen LogP contribution in [0.2, 0.25) is 0 Å². The highest BCUT2D eigenvalue weighted by molar-refractivity contribution is 5.52. The van der Waals surface area contributed by atoms with Crippen LogP contribution in [0.1, 0.15) is 251 Å². The molecule has 9 rings (SSSR count). The predicted octanol–water partition coefficient (Wildman–Crippen LogP) is 16.3. The van der Waals surface area contributed by atoms with E-state index in [1.54, 1.807) is 0 Å². The smallest absolute Gasteiger partial charge is 0.183 e. The summed E-state index contributed by atoms with van der Waals surface area (Å²) in [7, 11) is 0. The monoisotopic (exact) mass is 1040 g/mol. The van der Waals surface area contributed by atoms with Gasteiger partial charge in [-0.15, -0.1) is 0 Å². The van der Waals surface area contributed by atoms with Gasteiger partial charge in [-0.25, -0.2) is 0 Å². The fraction of sp³-hybridized carbons (Fsp3) is 0.727. The third-order valence-corrected chi connectivity index (χ3v) is 17.0. The standard InChI is InChI=1S/C23H36O3.C22H34O3.C21H32O3/c1-22(2,3)18-11-16(12-19(20(18)24)23(4,5)6)21-25-13-17(14-26-21)15-9-7-8-10-15;1-21(2,3)17-10-15(11-18(19(17)23)22(4,5)6)20-24-12-16(13-25-20)14-8-7-9-14;1-20(2,3)16-9-14(10-17(18(16)22)21(4,5)6)19-23-11-15(12-24-19)13-7-8-13/h11-12,15,17,21,24H,7-10,13-14H2,1-6H3;10-11,14,16,20,23H,7-9,12-13H2,1-6H3;9-10,13,15,19,22H,7-8,11-12H2,1-6H3. The highest BCUT2D eigenvalue weighted by atomic mass is 16.7. The van der Waals surface area contributed by atoms with Crippen molar-refractivity contribution >= 4 is 0 Å². The van der Waals surface area contributed by atoms with Crippen molar-refractivity contribution in [2.75, 3.05) is 39.6 Å². The van der Waals surface area contributed by atoms with E-state index in [4.69, 9.17) is 28.4 Å². The van der Waals surface area contributed by atoms with Gasteiger partial charge in [-0.05, 0) is 133 Å². The minimum Gasteiger partial charge on any atom is -0.507 e. The van der Waals surface area contributed by atoms with Crippen LogP contribution in [0.25, 0.3) is 0 Å². The van der Waals surface area contributed by atoms with Crippen LogP contribution in [0.5, 0.6) is 17.2 Å². The van der Waals surface area contributed by atoms with Gasteiger partial charge in [0.2, 0.25) is 0 Å². The van der Waals surface area contributed by atoms with Crippen LogP contribution in [0.3, 0.4) is 0 Å². The molecule has 3 aromatic rings. The van der Waals surface area contributed by atoms with Crippen LogP contribution in [0.4, 0.5) is 0 Å². The molecule has 3 saturated carbocycles. The first-order chi connectivity index (χ1) is 34.7. The highest BCUT2D eigenvalue weighted by Gasteiger charge is 2.39. The van der Waals surface area contributed by atoms with Crippen molar-refractivity contribution in [3.63, 3.8) is 0 Å². The predicted molar refractivity (Wildman–Crippen MR) is 303 cm³/mol. The molecular formula is C66H102O9. The van der Waals surface area contributed by atoms with Crippen molar-refractivity contribution in [1.82, 2.24) is 0 Å². The lowest BCUT2D eigenvalue weighted by Gasteiger charge is -2.39. The van der Waals surface area contributed by atoms with Gasteiger partial charge in [-0.2, -0.15) is 0 Å². The summed E-state index contributed by atoms with van der Waals surface area (Å²) in [4.78, 5) is 0. The minimum absolute atomic E-state index is 0.134. The van der Waals surface area contributed by atoms with Gasteiger partial charge in [0.1, 0.15) is 17.2 Å². The van der Waals surface area contributed by atoms with Crippen LogP contribution in [0.15, 0.2) is 36.4 Å². The second kappa shape index (κ2) is 22.9. The minimum atomic E-state index is -0.324. The van der Waals surface area contributed by atoms with Crippen molar-refractivity contribution in [1.29, 1.82) is 0 Å². The maximum Gasteiger partial charge on any atom is 0.183 e. The number of benzene rings is 3. The van der Waals surface area contributed by atoms with Crippen molar-refractivity contribution in [2.45, 2.75) is 234 Å². The number of aromatic hydroxyl groups is 3. The summed E-state index contributed by atoms with van der Waals surface area (Å²) in [6.45, 7) is 43.1. The van der Waals surface area contributed by atoms with Crippen LogP contribution >= 0.6 is 0 Å². The Balaban J connectivity index is 0.000000164. The third kappa shape index (κ3) is 14.7. The fourth-order valence-electron chi connectivity index (χ4n) is 11.7. The summed E-state index contributed by atoms with van der Waals surface area (Å²) in [5.74, 6) is 5.23. The first-order valence-corrected chi connectivity index (χ1v) is 29.0. The summed E-state index contributed by atoms with van der Waals surface area (Å²) in [5.41, 5.74) is 8.04. The number of ether oxygens (including phenoxy) is 6. The van der Waals surface area contributed by atoms with Crippen molar-refractivity contribution in [3.8, 4) is 17.2 Å². The lowest BCUT2D eigenvalue weighted by Crippen LogP contribution is -2.35. The van der Waals surface area contributed by atoms with Gasteiger partial charge in [-0.3, -0.25) is 0 Å². The Kier molecular flexibility index (Phi) is 18.2. The first kappa shape index (κ1) is 59.5. The molecule has 0 spiro atoms. The zero-order chi connectivity index (χ0) is 55.2.